The molecule has 0 saturated carbocycles. The Morgan fingerprint density at radius 1 is 1.12 bits per heavy atom. The van der Waals surface area contributed by atoms with E-state index in [2.05, 4.69) is 16.1 Å². The predicted octanol–water partition coefficient (Wildman–Crippen LogP) is 2.85. The first kappa shape index (κ1) is 22.5. The van der Waals surface area contributed by atoms with Crippen molar-refractivity contribution in [3.05, 3.63) is 59.2 Å². The van der Waals surface area contributed by atoms with Gasteiger partial charge < -0.3 is 10.2 Å². The van der Waals surface area contributed by atoms with Gasteiger partial charge in [0.25, 0.3) is 0 Å². The summed E-state index contributed by atoms with van der Waals surface area (Å²) in [5.41, 5.74) is 4.01. The molecular weight excluding hydrogens is 426 g/mol. The SMILES string of the molecule is CC(=O)N1c2ccc(S(=O)(=O)NCCC(=O)NC3CCCc4ccccc43)cc2CC1C. The Hall–Kier alpha value is -2.71. The monoisotopic (exact) mass is 455 g/mol. The molecule has 1 aliphatic heterocycles. The van der Waals surface area contributed by atoms with Crippen LogP contribution in [0.1, 0.15) is 55.8 Å². The van der Waals surface area contributed by atoms with Crippen LogP contribution in [-0.4, -0.2) is 32.8 Å². The second-order valence-corrected chi connectivity index (χ2v) is 10.4. The van der Waals surface area contributed by atoms with E-state index in [0.717, 1.165) is 36.1 Å². The van der Waals surface area contributed by atoms with Crippen LogP contribution in [0.15, 0.2) is 47.4 Å². The van der Waals surface area contributed by atoms with Crippen LogP contribution in [0.4, 0.5) is 5.69 Å². The van der Waals surface area contributed by atoms with Crippen LogP contribution in [0.2, 0.25) is 0 Å². The van der Waals surface area contributed by atoms with E-state index in [1.807, 2.05) is 25.1 Å². The molecule has 4 rings (SSSR count). The van der Waals surface area contributed by atoms with Crippen molar-refractivity contribution in [2.45, 2.75) is 62.9 Å². The van der Waals surface area contributed by atoms with Gasteiger partial charge in [-0.2, -0.15) is 0 Å². The number of anilines is 1. The fourth-order valence-corrected chi connectivity index (χ4v) is 5.89. The average Bonchev–Trinajstić information content (AvgIpc) is 3.09. The zero-order chi connectivity index (χ0) is 22.9. The van der Waals surface area contributed by atoms with E-state index in [1.54, 1.807) is 17.0 Å². The molecule has 7 nitrogen and oxygen atoms in total. The Bertz CT molecular complexity index is 1150. The summed E-state index contributed by atoms with van der Waals surface area (Å²) in [7, 11) is -3.75. The van der Waals surface area contributed by atoms with Gasteiger partial charge in [-0.3, -0.25) is 9.59 Å². The largest absolute Gasteiger partial charge is 0.349 e. The van der Waals surface area contributed by atoms with Crippen molar-refractivity contribution >= 4 is 27.5 Å². The van der Waals surface area contributed by atoms with Crippen LogP contribution in [0, 0.1) is 0 Å². The highest BCUT2D eigenvalue weighted by atomic mass is 32.2. The third kappa shape index (κ3) is 4.56. The van der Waals surface area contributed by atoms with Gasteiger partial charge in [-0.05, 0) is 67.5 Å². The van der Waals surface area contributed by atoms with Gasteiger partial charge in [0.15, 0.2) is 0 Å². The number of hydrogen-bond donors (Lipinski definition) is 2. The Morgan fingerprint density at radius 3 is 2.69 bits per heavy atom. The normalized spacial score (nSPS) is 19.9. The molecule has 2 aromatic rings. The van der Waals surface area contributed by atoms with Gasteiger partial charge in [-0.1, -0.05) is 24.3 Å². The first-order valence-electron chi connectivity index (χ1n) is 11.1. The zero-order valence-electron chi connectivity index (χ0n) is 18.4. The number of sulfonamides is 1. The topological polar surface area (TPSA) is 95.6 Å². The van der Waals surface area contributed by atoms with Crippen LogP contribution in [0.3, 0.4) is 0 Å². The van der Waals surface area contributed by atoms with Crippen LogP contribution >= 0.6 is 0 Å². The summed E-state index contributed by atoms with van der Waals surface area (Å²) >= 11 is 0. The molecule has 0 fully saturated rings. The fraction of sp³-hybridized carbons (Fsp3) is 0.417. The van der Waals surface area contributed by atoms with Gasteiger partial charge in [0.2, 0.25) is 21.8 Å². The maximum atomic E-state index is 12.7. The number of fused-ring (bicyclic) bond motifs is 2. The number of carbonyl (C=O) groups excluding carboxylic acids is 2. The second-order valence-electron chi connectivity index (χ2n) is 8.59. The van der Waals surface area contributed by atoms with E-state index in [9.17, 15) is 18.0 Å². The molecule has 0 aromatic heterocycles. The smallest absolute Gasteiger partial charge is 0.240 e. The maximum Gasteiger partial charge on any atom is 0.240 e. The van der Waals surface area contributed by atoms with Gasteiger partial charge in [0.05, 0.1) is 10.9 Å². The molecule has 0 spiro atoms. The number of amides is 2. The van der Waals surface area contributed by atoms with Gasteiger partial charge in [-0.15, -0.1) is 0 Å². The number of rotatable bonds is 6. The molecule has 1 heterocycles. The summed E-state index contributed by atoms with van der Waals surface area (Å²) in [6.07, 6.45) is 3.61. The fourth-order valence-electron chi connectivity index (χ4n) is 4.81. The lowest BCUT2D eigenvalue weighted by Gasteiger charge is -2.26. The minimum Gasteiger partial charge on any atom is -0.349 e. The lowest BCUT2D eigenvalue weighted by molar-refractivity contribution is -0.121. The highest BCUT2D eigenvalue weighted by Gasteiger charge is 2.30. The number of nitrogens with zero attached hydrogens (tertiary/aromatic N) is 1. The second kappa shape index (κ2) is 9.03. The summed E-state index contributed by atoms with van der Waals surface area (Å²) in [6, 6.07) is 12.9. The first-order chi connectivity index (χ1) is 15.3. The standard InChI is InChI=1S/C24H29N3O4S/c1-16-14-19-15-20(10-11-23(19)27(16)17(2)28)32(30,31)25-13-12-24(29)26-22-9-5-7-18-6-3-4-8-21(18)22/h3-4,6,8,10-11,15-16,22,25H,5,7,9,12-14H2,1-2H3,(H,26,29). The summed E-state index contributed by atoms with van der Waals surface area (Å²) in [5, 5.41) is 3.04. The Kier molecular flexibility index (Phi) is 6.35. The van der Waals surface area contributed by atoms with Gasteiger partial charge >= 0.3 is 0 Å². The molecule has 2 unspecified atom stereocenters. The van der Waals surface area contributed by atoms with Gasteiger partial charge in [0.1, 0.15) is 0 Å². The molecule has 2 aromatic carbocycles. The molecule has 2 atom stereocenters. The Labute approximate surface area is 189 Å². The third-order valence-corrected chi connectivity index (χ3v) is 7.72. The molecule has 0 saturated heterocycles. The summed E-state index contributed by atoms with van der Waals surface area (Å²) in [4.78, 5) is 26.2. The van der Waals surface area contributed by atoms with Crippen molar-refractivity contribution in [1.82, 2.24) is 10.0 Å². The Morgan fingerprint density at radius 2 is 1.91 bits per heavy atom. The number of aryl methyl sites for hydroxylation is 1. The van der Waals surface area contributed by atoms with E-state index >= 15 is 0 Å². The molecule has 0 radical (unpaired) electrons. The Balaban J connectivity index is 1.35. The van der Waals surface area contributed by atoms with Crippen molar-refractivity contribution < 1.29 is 18.0 Å². The van der Waals surface area contributed by atoms with Crippen molar-refractivity contribution in [1.29, 1.82) is 0 Å². The van der Waals surface area contributed by atoms with Crippen molar-refractivity contribution in [3.63, 3.8) is 0 Å². The highest BCUT2D eigenvalue weighted by Crippen LogP contribution is 2.34. The number of carbonyl (C=O) groups is 2. The van der Waals surface area contributed by atoms with E-state index in [1.165, 1.54) is 18.6 Å². The first-order valence-corrected chi connectivity index (χ1v) is 12.5. The maximum absolute atomic E-state index is 12.7. The molecule has 8 heteroatoms. The minimum atomic E-state index is -3.75. The molecule has 2 aliphatic rings. The molecule has 0 bridgehead atoms. The number of nitrogens with one attached hydrogen (secondary N) is 2. The molecular formula is C24H29N3O4S. The summed E-state index contributed by atoms with van der Waals surface area (Å²) < 4.78 is 28.0. The zero-order valence-corrected chi connectivity index (χ0v) is 19.2. The van der Waals surface area contributed by atoms with E-state index in [0.29, 0.717) is 6.42 Å². The van der Waals surface area contributed by atoms with Gasteiger partial charge in [0, 0.05) is 31.6 Å². The molecule has 32 heavy (non-hydrogen) atoms. The summed E-state index contributed by atoms with van der Waals surface area (Å²) in [5.74, 6) is -0.231. The molecule has 2 N–H and O–H groups in total. The number of hydrogen-bond acceptors (Lipinski definition) is 4. The van der Waals surface area contributed by atoms with E-state index in [-0.39, 0.29) is 41.8 Å². The van der Waals surface area contributed by atoms with Crippen LogP contribution in [-0.2, 0) is 32.5 Å². The van der Waals surface area contributed by atoms with E-state index in [4.69, 9.17) is 0 Å². The minimum absolute atomic E-state index is 0.00188. The third-order valence-electron chi connectivity index (χ3n) is 6.26. The lowest BCUT2D eigenvalue weighted by Crippen LogP contribution is -2.34. The quantitative estimate of drug-likeness (QED) is 0.700. The van der Waals surface area contributed by atoms with Crippen molar-refractivity contribution in [2.24, 2.45) is 0 Å². The lowest BCUT2D eigenvalue weighted by atomic mass is 9.88. The average molecular weight is 456 g/mol. The summed E-state index contributed by atoms with van der Waals surface area (Å²) in [6.45, 7) is 3.47. The van der Waals surface area contributed by atoms with Crippen LogP contribution < -0.4 is 14.9 Å². The molecule has 2 amide bonds. The highest BCUT2D eigenvalue weighted by molar-refractivity contribution is 7.89. The van der Waals surface area contributed by atoms with Gasteiger partial charge in [-0.25, -0.2) is 13.1 Å². The van der Waals surface area contributed by atoms with Crippen molar-refractivity contribution in [3.8, 4) is 0 Å². The van der Waals surface area contributed by atoms with E-state index < -0.39 is 10.0 Å². The predicted molar refractivity (Wildman–Crippen MR) is 123 cm³/mol. The molecule has 170 valence electrons. The van der Waals surface area contributed by atoms with Crippen LogP contribution in [0.5, 0.6) is 0 Å². The van der Waals surface area contributed by atoms with Crippen molar-refractivity contribution in [2.75, 3.05) is 11.4 Å². The van der Waals surface area contributed by atoms with Crippen LogP contribution in [0.25, 0.3) is 0 Å². The number of benzene rings is 2. The molecule has 1 aliphatic carbocycles.